The summed E-state index contributed by atoms with van der Waals surface area (Å²) in [7, 11) is 0. The molecule has 4 heterocycles. The fraction of sp³-hybridized carbons (Fsp3) is 0.333. The summed E-state index contributed by atoms with van der Waals surface area (Å²) in [4.78, 5) is 33.1. The molecule has 9 nitrogen and oxygen atoms in total. The van der Waals surface area contributed by atoms with E-state index in [1.165, 1.54) is 0 Å². The molecular formula is C21H22N6O3. The fourth-order valence-electron chi connectivity index (χ4n) is 3.81. The quantitative estimate of drug-likeness (QED) is 0.675. The maximum Gasteiger partial charge on any atom is 0.253 e. The van der Waals surface area contributed by atoms with Crippen LogP contribution in [-0.2, 0) is 9.53 Å². The Morgan fingerprint density at radius 1 is 0.967 bits per heavy atom. The van der Waals surface area contributed by atoms with E-state index in [1.54, 1.807) is 26.7 Å². The second-order valence-electron chi connectivity index (χ2n) is 7.76. The molecule has 2 aliphatic heterocycles. The van der Waals surface area contributed by atoms with Crippen molar-refractivity contribution >= 4 is 17.5 Å². The van der Waals surface area contributed by atoms with E-state index in [2.05, 4.69) is 10.1 Å². The zero-order valence-corrected chi connectivity index (χ0v) is 16.4. The molecule has 0 unspecified atom stereocenters. The minimum Gasteiger partial charge on any atom is -0.376 e. The normalized spacial score (nSPS) is 18.3. The molecule has 2 aliphatic rings. The smallest absolute Gasteiger partial charge is 0.253 e. The number of hydrogen-bond acceptors (Lipinski definition) is 6. The molecule has 2 N–H and O–H groups in total. The molecule has 0 aliphatic carbocycles. The van der Waals surface area contributed by atoms with Gasteiger partial charge in [0.25, 0.3) is 5.91 Å². The SMILES string of the molecule is NC1(C(=O)N2CCN(C(=O)c3ccc(-c4ccc5nccn5n4)cc3)CC2)COC1. The largest absolute Gasteiger partial charge is 0.376 e. The van der Waals surface area contributed by atoms with Crippen molar-refractivity contribution in [1.82, 2.24) is 24.4 Å². The van der Waals surface area contributed by atoms with Crippen LogP contribution in [0.4, 0.5) is 0 Å². The molecule has 9 heteroatoms. The minimum absolute atomic E-state index is 0.0406. The number of ether oxygens (including phenoxy) is 1. The predicted octanol–water partition coefficient (Wildman–Crippen LogP) is 0.408. The van der Waals surface area contributed by atoms with Gasteiger partial charge in [-0.3, -0.25) is 9.59 Å². The number of carbonyl (C=O) groups is 2. The Morgan fingerprint density at radius 2 is 1.67 bits per heavy atom. The second kappa shape index (κ2) is 7.19. The number of amides is 2. The zero-order chi connectivity index (χ0) is 20.7. The van der Waals surface area contributed by atoms with Gasteiger partial charge < -0.3 is 20.3 Å². The van der Waals surface area contributed by atoms with Crippen molar-refractivity contribution in [3.8, 4) is 11.3 Å². The third kappa shape index (κ3) is 3.21. The van der Waals surface area contributed by atoms with Crippen LogP contribution in [0.3, 0.4) is 0 Å². The number of hydrogen-bond donors (Lipinski definition) is 1. The number of nitrogens with zero attached hydrogens (tertiary/aromatic N) is 5. The average molecular weight is 406 g/mol. The summed E-state index contributed by atoms with van der Waals surface area (Å²) < 4.78 is 6.80. The number of fused-ring (bicyclic) bond motifs is 1. The Morgan fingerprint density at radius 3 is 2.33 bits per heavy atom. The van der Waals surface area contributed by atoms with E-state index < -0.39 is 5.54 Å². The lowest BCUT2D eigenvalue weighted by molar-refractivity contribution is -0.155. The topological polar surface area (TPSA) is 106 Å². The van der Waals surface area contributed by atoms with Gasteiger partial charge in [-0.1, -0.05) is 12.1 Å². The van der Waals surface area contributed by atoms with Crippen LogP contribution in [0.15, 0.2) is 48.8 Å². The lowest BCUT2D eigenvalue weighted by atomic mass is 9.96. The van der Waals surface area contributed by atoms with Crippen LogP contribution in [0.5, 0.6) is 0 Å². The van der Waals surface area contributed by atoms with Crippen molar-refractivity contribution in [3.63, 3.8) is 0 Å². The highest BCUT2D eigenvalue weighted by Crippen LogP contribution is 2.21. The van der Waals surface area contributed by atoms with Crippen molar-refractivity contribution in [3.05, 3.63) is 54.4 Å². The van der Waals surface area contributed by atoms with Crippen molar-refractivity contribution in [2.45, 2.75) is 5.54 Å². The Labute approximate surface area is 173 Å². The van der Waals surface area contributed by atoms with E-state index in [4.69, 9.17) is 10.5 Å². The lowest BCUT2D eigenvalue weighted by Crippen LogP contribution is -2.68. The number of nitrogens with two attached hydrogens (primary N) is 1. The first kappa shape index (κ1) is 18.7. The van der Waals surface area contributed by atoms with Gasteiger partial charge in [-0.15, -0.1) is 0 Å². The van der Waals surface area contributed by atoms with E-state index in [0.717, 1.165) is 16.9 Å². The molecule has 2 saturated heterocycles. The van der Waals surface area contributed by atoms with E-state index in [-0.39, 0.29) is 25.0 Å². The van der Waals surface area contributed by atoms with Crippen LogP contribution in [0.1, 0.15) is 10.4 Å². The monoisotopic (exact) mass is 406 g/mol. The van der Waals surface area contributed by atoms with Gasteiger partial charge in [0, 0.05) is 49.7 Å². The van der Waals surface area contributed by atoms with Crippen molar-refractivity contribution < 1.29 is 14.3 Å². The molecule has 2 fully saturated rings. The summed E-state index contributed by atoms with van der Waals surface area (Å²) in [5.74, 6) is -0.131. The van der Waals surface area contributed by atoms with E-state index in [1.807, 2.05) is 36.4 Å². The maximum atomic E-state index is 12.9. The van der Waals surface area contributed by atoms with Gasteiger partial charge in [0.1, 0.15) is 5.54 Å². The number of rotatable bonds is 3. The molecule has 2 amide bonds. The highest BCUT2D eigenvalue weighted by Gasteiger charge is 2.45. The molecule has 2 aromatic heterocycles. The van der Waals surface area contributed by atoms with E-state index >= 15 is 0 Å². The maximum absolute atomic E-state index is 12.9. The average Bonchev–Trinajstić information content (AvgIpc) is 3.24. The number of benzene rings is 1. The Bertz CT molecular complexity index is 1100. The van der Waals surface area contributed by atoms with Gasteiger partial charge >= 0.3 is 0 Å². The Kier molecular flexibility index (Phi) is 4.48. The first-order chi connectivity index (χ1) is 14.5. The van der Waals surface area contributed by atoms with Crippen LogP contribution in [-0.4, -0.2) is 81.1 Å². The summed E-state index contributed by atoms with van der Waals surface area (Å²) in [5.41, 5.74) is 8.28. The number of aromatic nitrogens is 3. The molecule has 1 aromatic carbocycles. The summed E-state index contributed by atoms with van der Waals surface area (Å²) in [5, 5.41) is 4.53. The number of carbonyl (C=O) groups excluding carboxylic acids is 2. The molecule has 154 valence electrons. The van der Waals surface area contributed by atoms with Gasteiger partial charge in [0.05, 0.1) is 18.9 Å². The Balaban J connectivity index is 1.24. The zero-order valence-electron chi connectivity index (χ0n) is 16.4. The van der Waals surface area contributed by atoms with Crippen LogP contribution < -0.4 is 5.73 Å². The van der Waals surface area contributed by atoms with Crippen LogP contribution in [0, 0.1) is 0 Å². The van der Waals surface area contributed by atoms with Crippen LogP contribution in [0.25, 0.3) is 16.9 Å². The van der Waals surface area contributed by atoms with Gasteiger partial charge in [-0.05, 0) is 24.3 Å². The Hall–Kier alpha value is -3.30. The summed E-state index contributed by atoms with van der Waals surface area (Å²) in [6.07, 6.45) is 3.50. The second-order valence-corrected chi connectivity index (χ2v) is 7.76. The highest BCUT2D eigenvalue weighted by molar-refractivity contribution is 5.95. The highest BCUT2D eigenvalue weighted by atomic mass is 16.5. The van der Waals surface area contributed by atoms with Crippen molar-refractivity contribution in [2.24, 2.45) is 5.73 Å². The third-order valence-corrected chi connectivity index (χ3v) is 5.68. The first-order valence-electron chi connectivity index (χ1n) is 9.90. The molecule has 0 atom stereocenters. The van der Waals surface area contributed by atoms with E-state index in [0.29, 0.717) is 31.7 Å². The van der Waals surface area contributed by atoms with Crippen molar-refractivity contribution in [2.75, 3.05) is 39.4 Å². The summed E-state index contributed by atoms with van der Waals surface area (Å²) in [6.45, 7) is 2.47. The van der Waals surface area contributed by atoms with Crippen LogP contribution in [0.2, 0.25) is 0 Å². The van der Waals surface area contributed by atoms with Gasteiger partial charge in [0.2, 0.25) is 5.91 Å². The molecule has 30 heavy (non-hydrogen) atoms. The predicted molar refractivity (Wildman–Crippen MR) is 109 cm³/mol. The fourth-order valence-corrected chi connectivity index (χ4v) is 3.81. The standard InChI is InChI=1S/C21H22N6O3/c22-21(13-30-14-21)20(29)26-11-9-25(10-12-26)19(28)16-3-1-15(2-4-16)17-5-6-18-23-7-8-27(18)24-17/h1-8H,9-14,22H2. The number of piperazine rings is 1. The van der Waals surface area contributed by atoms with Crippen LogP contribution >= 0.6 is 0 Å². The molecule has 0 spiro atoms. The number of imidazole rings is 1. The summed E-state index contributed by atoms with van der Waals surface area (Å²) >= 11 is 0. The molecular weight excluding hydrogens is 384 g/mol. The third-order valence-electron chi connectivity index (χ3n) is 5.68. The summed E-state index contributed by atoms with van der Waals surface area (Å²) in [6, 6.07) is 11.2. The van der Waals surface area contributed by atoms with Gasteiger partial charge in [0.15, 0.2) is 5.65 Å². The minimum atomic E-state index is -0.893. The molecule has 0 saturated carbocycles. The molecule has 0 radical (unpaired) electrons. The van der Waals surface area contributed by atoms with Gasteiger partial charge in [-0.25, -0.2) is 9.50 Å². The van der Waals surface area contributed by atoms with Crippen molar-refractivity contribution in [1.29, 1.82) is 0 Å². The van der Waals surface area contributed by atoms with E-state index in [9.17, 15) is 9.59 Å². The molecule has 0 bridgehead atoms. The molecule has 5 rings (SSSR count). The lowest BCUT2D eigenvalue weighted by Gasteiger charge is -2.43. The van der Waals surface area contributed by atoms with Gasteiger partial charge in [-0.2, -0.15) is 5.10 Å². The molecule has 3 aromatic rings. The first-order valence-corrected chi connectivity index (χ1v) is 9.90.